The summed E-state index contributed by atoms with van der Waals surface area (Å²) in [5.41, 5.74) is 0. The molecule has 1 aromatic carbocycles. The Morgan fingerprint density at radius 1 is 0.938 bits per heavy atom. The summed E-state index contributed by atoms with van der Waals surface area (Å²) in [7, 11) is -8.78. The van der Waals surface area contributed by atoms with Crippen LogP contribution in [0.5, 0.6) is 11.5 Å². The summed E-state index contributed by atoms with van der Waals surface area (Å²) in [5.74, 6) is -2.07. The van der Waals surface area contributed by atoms with Crippen LogP contribution >= 0.6 is 0 Å². The fraction of sp³-hybridized carbons (Fsp3) is 0. The lowest BCUT2D eigenvalue weighted by Gasteiger charge is -2.08. The summed E-state index contributed by atoms with van der Waals surface area (Å²) in [4.78, 5) is -1.92. The Bertz CT molecular complexity index is 633. The molecule has 10 heteroatoms. The van der Waals surface area contributed by atoms with E-state index in [2.05, 4.69) is 5.14 Å². The zero-order valence-corrected chi connectivity index (χ0v) is 9.29. The Labute approximate surface area is 91.2 Å². The maximum Gasteiger partial charge on any atom is 0.245 e. The van der Waals surface area contributed by atoms with Crippen molar-refractivity contribution in [2.24, 2.45) is 10.3 Å². The third-order valence-corrected chi connectivity index (χ3v) is 3.58. The molecule has 0 aliphatic rings. The molecule has 0 aliphatic carbocycles. The number of sulfonamides is 2. The second-order valence-corrected chi connectivity index (χ2v) is 5.88. The van der Waals surface area contributed by atoms with E-state index in [4.69, 9.17) is 10.2 Å². The Morgan fingerprint density at radius 2 is 1.44 bits per heavy atom. The van der Waals surface area contributed by atoms with E-state index in [1.807, 2.05) is 0 Å². The first-order valence-electron chi connectivity index (χ1n) is 3.65. The quantitative estimate of drug-likeness (QED) is 0.504. The van der Waals surface area contributed by atoms with Gasteiger partial charge in [-0.05, 0) is 12.1 Å². The van der Waals surface area contributed by atoms with Crippen LogP contribution in [0.4, 0.5) is 0 Å². The molecule has 0 fully saturated rings. The van der Waals surface area contributed by atoms with Gasteiger partial charge in [0.15, 0.2) is 10.6 Å². The largest absolute Gasteiger partial charge is 0.506 e. The predicted octanol–water partition coefficient (Wildman–Crippen LogP) is -1.61. The molecule has 0 radical (unpaired) electrons. The molecule has 1 aromatic rings. The van der Waals surface area contributed by atoms with Crippen LogP contribution in [0.25, 0.3) is 0 Å². The molecule has 0 aromatic heterocycles. The van der Waals surface area contributed by atoms with Crippen molar-refractivity contribution in [1.82, 2.24) is 0 Å². The molecule has 1 rings (SSSR count). The molecular formula is C6H8N2O6S2. The normalized spacial score (nSPS) is 12.6. The number of primary sulfonamides is 2. The van der Waals surface area contributed by atoms with Gasteiger partial charge in [0.2, 0.25) is 20.0 Å². The summed E-state index contributed by atoms with van der Waals surface area (Å²) in [6, 6.07) is 1.51. The van der Waals surface area contributed by atoms with E-state index in [1.54, 1.807) is 0 Å². The minimum absolute atomic E-state index is 0.749. The summed E-state index contributed by atoms with van der Waals surface area (Å²) in [5, 5.41) is 27.9. The van der Waals surface area contributed by atoms with Crippen molar-refractivity contribution in [1.29, 1.82) is 0 Å². The zero-order valence-electron chi connectivity index (χ0n) is 7.65. The van der Waals surface area contributed by atoms with Crippen molar-refractivity contribution in [3.05, 3.63) is 12.1 Å². The van der Waals surface area contributed by atoms with Crippen LogP contribution in [0.1, 0.15) is 0 Å². The molecule has 0 unspecified atom stereocenters. The number of benzene rings is 1. The van der Waals surface area contributed by atoms with Crippen LogP contribution in [-0.2, 0) is 20.0 Å². The molecule has 0 saturated heterocycles. The summed E-state index contributed by atoms with van der Waals surface area (Å²) in [6.07, 6.45) is 0. The molecule has 16 heavy (non-hydrogen) atoms. The Hall–Kier alpha value is -1.36. The van der Waals surface area contributed by atoms with Gasteiger partial charge in [-0.2, -0.15) is 0 Å². The number of hydrogen-bond acceptors (Lipinski definition) is 6. The average Bonchev–Trinajstić information content (AvgIpc) is 1.97. The van der Waals surface area contributed by atoms with E-state index < -0.39 is 41.3 Å². The van der Waals surface area contributed by atoms with Crippen molar-refractivity contribution >= 4 is 20.0 Å². The van der Waals surface area contributed by atoms with E-state index in [-0.39, 0.29) is 0 Å². The lowest BCUT2D eigenvalue weighted by Crippen LogP contribution is -2.16. The lowest BCUT2D eigenvalue weighted by molar-refractivity contribution is 0.413. The van der Waals surface area contributed by atoms with Crippen LogP contribution in [0, 0.1) is 0 Å². The third kappa shape index (κ3) is 2.24. The highest BCUT2D eigenvalue weighted by molar-refractivity contribution is 7.90. The molecular weight excluding hydrogens is 260 g/mol. The molecule has 8 nitrogen and oxygen atoms in total. The number of rotatable bonds is 2. The minimum Gasteiger partial charge on any atom is -0.506 e. The third-order valence-electron chi connectivity index (χ3n) is 1.66. The number of nitrogens with two attached hydrogens (primary N) is 2. The fourth-order valence-electron chi connectivity index (χ4n) is 1.05. The van der Waals surface area contributed by atoms with E-state index in [1.165, 1.54) is 0 Å². The van der Waals surface area contributed by atoms with Crippen molar-refractivity contribution in [3.8, 4) is 11.5 Å². The van der Waals surface area contributed by atoms with Crippen LogP contribution in [0.15, 0.2) is 21.9 Å². The molecule has 0 amide bonds. The van der Waals surface area contributed by atoms with Gasteiger partial charge in [-0.15, -0.1) is 0 Å². The van der Waals surface area contributed by atoms with Gasteiger partial charge in [0, 0.05) is 0 Å². The first-order valence-corrected chi connectivity index (χ1v) is 6.75. The van der Waals surface area contributed by atoms with E-state index in [0.717, 1.165) is 12.1 Å². The maximum atomic E-state index is 11.0. The maximum absolute atomic E-state index is 11.0. The second kappa shape index (κ2) is 3.59. The Morgan fingerprint density at radius 3 is 1.81 bits per heavy atom. The Kier molecular flexibility index (Phi) is 2.85. The van der Waals surface area contributed by atoms with Crippen molar-refractivity contribution < 1.29 is 27.0 Å². The first kappa shape index (κ1) is 12.7. The van der Waals surface area contributed by atoms with Crippen molar-refractivity contribution in [2.45, 2.75) is 9.79 Å². The van der Waals surface area contributed by atoms with E-state index >= 15 is 0 Å². The van der Waals surface area contributed by atoms with Gasteiger partial charge in [-0.3, -0.25) is 0 Å². The van der Waals surface area contributed by atoms with Gasteiger partial charge in [0.05, 0.1) is 0 Å². The van der Waals surface area contributed by atoms with Crippen LogP contribution in [-0.4, -0.2) is 27.0 Å². The number of phenols is 2. The number of phenolic OH excluding ortho intramolecular Hbond substituents is 2. The lowest BCUT2D eigenvalue weighted by atomic mass is 10.3. The fourth-order valence-corrected chi connectivity index (χ4v) is 2.49. The predicted molar refractivity (Wildman–Crippen MR) is 52.5 cm³/mol. The molecule has 6 N–H and O–H groups in total. The molecule has 0 saturated carbocycles. The van der Waals surface area contributed by atoms with Gasteiger partial charge in [-0.1, -0.05) is 0 Å². The van der Waals surface area contributed by atoms with Gasteiger partial charge in [0.25, 0.3) is 0 Å². The van der Waals surface area contributed by atoms with Gasteiger partial charge in [0.1, 0.15) is 10.6 Å². The standard InChI is InChI=1S/C6H8N2O6S2/c7-15(11,12)4-2-1-3(9)6(5(4)10)16(8,13)14/h1-2,9-10H,(H2,7,11,12)(H2,8,13,14). The highest BCUT2D eigenvalue weighted by Crippen LogP contribution is 2.35. The number of aromatic hydroxyl groups is 2. The van der Waals surface area contributed by atoms with Crippen LogP contribution in [0.2, 0.25) is 0 Å². The second-order valence-electron chi connectivity index (χ2n) is 2.85. The molecule has 0 atom stereocenters. The topological polar surface area (TPSA) is 161 Å². The van der Waals surface area contributed by atoms with Gasteiger partial charge >= 0.3 is 0 Å². The SMILES string of the molecule is NS(=O)(=O)c1ccc(O)c(S(N)(=O)=O)c1O. The van der Waals surface area contributed by atoms with E-state index in [9.17, 15) is 21.9 Å². The number of hydrogen-bond donors (Lipinski definition) is 4. The van der Waals surface area contributed by atoms with Gasteiger partial charge < -0.3 is 10.2 Å². The highest BCUT2D eigenvalue weighted by Gasteiger charge is 2.26. The first-order chi connectivity index (χ1) is 7.05. The Balaban J connectivity index is 3.79. The molecule has 0 spiro atoms. The highest BCUT2D eigenvalue weighted by atomic mass is 32.2. The molecule has 0 bridgehead atoms. The van der Waals surface area contributed by atoms with Crippen molar-refractivity contribution in [3.63, 3.8) is 0 Å². The summed E-state index contributed by atoms with van der Waals surface area (Å²) >= 11 is 0. The minimum atomic E-state index is -4.47. The molecule has 0 aliphatic heterocycles. The molecule has 90 valence electrons. The summed E-state index contributed by atoms with van der Waals surface area (Å²) < 4.78 is 43.8. The monoisotopic (exact) mass is 268 g/mol. The van der Waals surface area contributed by atoms with E-state index in [0.29, 0.717) is 0 Å². The van der Waals surface area contributed by atoms with Gasteiger partial charge in [-0.25, -0.2) is 27.1 Å². The smallest absolute Gasteiger partial charge is 0.245 e. The average molecular weight is 268 g/mol. The molecule has 0 heterocycles. The summed E-state index contributed by atoms with van der Waals surface area (Å²) in [6.45, 7) is 0. The zero-order chi connectivity index (χ0) is 12.7. The van der Waals surface area contributed by atoms with Crippen LogP contribution in [0.3, 0.4) is 0 Å². The van der Waals surface area contributed by atoms with Crippen LogP contribution < -0.4 is 10.3 Å². The van der Waals surface area contributed by atoms with Crippen molar-refractivity contribution in [2.75, 3.05) is 0 Å².